The summed E-state index contributed by atoms with van der Waals surface area (Å²) in [5.74, 6) is -1.14. The van der Waals surface area contributed by atoms with Gasteiger partial charge in [-0.25, -0.2) is 0 Å². The highest BCUT2D eigenvalue weighted by atomic mass is 35.5. The third kappa shape index (κ3) is 5.43. The number of fused-ring (bicyclic) bond motifs is 1. The standard InChI is InChI=1S/C21H22Cl2N4O3/c1-26-8-9-27(13-14-4-2-3-5-18(14)26)20(29)12-24-19(28)11-25-21(30)16-7-6-15(22)10-17(16)23/h2-7,10H,8-9,11-13H2,1H3,(H,24,28)(H,25,30). The van der Waals surface area contributed by atoms with E-state index in [2.05, 4.69) is 15.5 Å². The minimum atomic E-state index is -0.495. The molecule has 0 saturated carbocycles. The molecule has 0 unspecified atom stereocenters. The van der Waals surface area contributed by atoms with Gasteiger partial charge in [0.25, 0.3) is 5.91 Å². The summed E-state index contributed by atoms with van der Waals surface area (Å²) in [6.07, 6.45) is 0. The molecule has 7 nitrogen and oxygen atoms in total. The fourth-order valence-electron chi connectivity index (χ4n) is 3.18. The van der Waals surface area contributed by atoms with Gasteiger partial charge in [-0.15, -0.1) is 0 Å². The van der Waals surface area contributed by atoms with Crippen LogP contribution in [0.15, 0.2) is 42.5 Å². The molecule has 3 amide bonds. The quantitative estimate of drug-likeness (QED) is 0.735. The van der Waals surface area contributed by atoms with Gasteiger partial charge < -0.3 is 20.4 Å². The number of halogens is 2. The molecule has 0 aromatic heterocycles. The van der Waals surface area contributed by atoms with Gasteiger partial charge in [0.2, 0.25) is 11.8 Å². The zero-order valence-electron chi connectivity index (χ0n) is 16.5. The lowest BCUT2D eigenvalue weighted by Gasteiger charge is -2.21. The molecule has 158 valence electrons. The number of anilines is 1. The molecule has 3 rings (SSSR count). The number of amides is 3. The average Bonchev–Trinajstić information content (AvgIpc) is 2.89. The molecule has 0 aliphatic carbocycles. The Balaban J connectivity index is 1.49. The molecule has 0 radical (unpaired) electrons. The summed E-state index contributed by atoms with van der Waals surface area (Å²) < 4.78 is 0. The Morgan fingerprint density at radius 2 is 1.77 bits per heavy atom. The van der Waals surface area contributed by atoms with Crippen molar-refractivity contribution in [2.45, 2.75) is 6.54 Å². The third-order valence-corrected chi connectivity index (χ3v) is 5.39. The van der Waals surface area contributed by atoms with Gasteiger partial charge in [0.1, 0.15) is 0 Å². The zero-order valence-corrected chi connectivity index (χ0v) is 18.0. The predicted octanol–water partition coefficient (Wildman–Crippen LogP) is 2.32. The van der Waals surface area contributed by atoms with Crippen LogP contribution in [0, 0.1) is 0 Å². The topological polar surface area (TPSA) is 81.8 Å². The Kier molecular flexibility index (Phi) is 7.18. The van der Waals surface area contributed by atoms with Crippen LogP contribution in [0.2, 0.25) is 10.0 Å². The van der Waals surface area contributed by atoms with E-state index in [1.165, 1.54) is 18.2 Å². The molecule has 2 aromatic carbocycles. The summed E-state index contributed by atoms with van der Waals surface area (Å²) in [6.45, 7) is 1.35. The summed E-state index contributed by atoms with van der Waals surface area (Å²) in [4.78, 5) is 40.6. The number of likely N-dealkylation sites (N-methyl/N-ethyl adjacent to an activating group) is 1. The van der Waals surface area contributed by atoms with Crippen molar-refractivity contribution < 1.29 is 14.4 Å². The van der Waals surface area contributed by atoms with Crippen LogP contribution >= 0.6 is 23.2 Å². The highest BCUT2D eigenvalue weighted by molar-refractivity contribution is 6.36. The van der Waals surface area contributed by atoms with E-state index in [9.17, 15) is 14.4 Å². The number of para-hydroxylation sites is 1. The van der Waals surface area contributed by atoms with Crippen molar-refractivity contribution in [1.29, 1.82) is 0 Å². The first kappa shape index (κ1) is 21.9. The lowest BCUT2D eigenvalue weighted by atomic mass is 10.1. The van der Waals surface area contributed by atoms with Crippen molar-refractivity contribution >= 4 is 46.6 Å². The second kappa shape index (κ2) is 9.82. The van der Waals surface area contributed by atoms with Gasteiger partial charge in [0.15, 0.2) is 0 Å². The van der Waals surface area contributed by atoms with Crippen LogP contribution in [0.4, 0.5) is 5.69 Å². The Morgan fingerprint density at radius 1 is 1.00 bits per heavy atom. The number of benzene rings is 2. The fourth-order valence-corrected chi connectivity index (χ4v) is 3.68. The summed E-state index contributed by atoms with van der Waals surface area (Å²) in [6, 6.07) is 12.4. The van der Waals surface area contributed by atoms with Gasteiger partial charge in [0, 0.05) is 37.4 Å². The van der Waals surface area contributed by atoms with E-state index in [1.54, 1.807) is 4.90 Å². The maximum Gasteiger partial charge on any atom is 0.253 e. The van der Waals surface area contributed by atoms with Gasteiger partial charge >= 0.3 is 0 Å². The summed E-state index contributed by atoms with van der Waals surface area (Å²) >= 11 is 11.8. The van der Waals surface area contributed by atoms with Gasteiger partial charge in [-0.3, -0.25) is 14.4 Å². The van der Waals surface area contributed by atoms with Gasteiger partial charge in [-0.1, -0.05) is 41.4 Å². The van der Waals surface area contributed by atoms with Crippen molar-refractivity contribution in [2.75, 3.05) is 38.1 Å². The van der Waals surface area contributed by atoms with Crippen LogP contribution in [-0.2, 0) is 16.1 Å². The Bertz CT molecular complexity index is 967. The van der Waals surface area contributed by atoms with E-state index in [0.717, 1.165) is 11.3 Å². The smallest absolute Gasteiger partial charge is 0.253 e. The number of hydrogen-bond acceptors (Lipinski definition) is 4. The van der Waals surface area contributed by atoms with Gasteiger partial charge in [0.05, 0.1) is 23.7 Å². The molecule has 2 N–H and O–H groups in total. The van der Waals surface area contributed by atoms with Crippen LogP contribution in [0.5, 0.6) is 0 Å². The number of carbonyl (C=O) groups excluding carboxylic acids is 3. The van der Waals surface area contributed by atoms with Gasteiger partial charge in [-0.05, 0) is 29.8 Å². The molecule has 0 fully saturated rings. The number of rotatable bonds is 5. The Morgan fingerprint density at radius 3 is 2.53 bits per heavy atom. The normalized spacial score (nSPS) is 13.3. The first-order chi connectivity index (χ1) is 14.3. The van der Waals surface area contributed by atoms with Crippen LogP contribution in [0.1, 0.15) is 15.9 Å². The van der Waals surface area contributed by atoms with E-state index in [1.807, 2.05) is 31.3 Å². The molecule has 9 heteroatoms. The highest BCUT2D eigenvalue weighted by Gasteiger charge is 2.21. The first-order valence-corrected chi connectivity index (χ1v) is 10.2. The van der Waals surface area contributed by atoms with Crippen LogP contribution in [-0.4, -0.2) is 55.8 Å². The molecule has 0 bridgehead atoms. The molecule has 0 saturated heterocycles. The Labute approximate surface area is 184 Å². The highest BCUT2D eigenvalue weighted by Crippen LogP contribution is 2.23. The van der Waals surface area contributed by atoms with E-state index < -0.39 is 11.8 Å². The van der Waals surface area contributed by atoms with Crippen LogP contribution in [0.25, 0.3) is 0 Å². The lowest BCUT2D eigenvalue weighted by Crippen LogP contribution is -2.44. The average molecular weight is 449 g/mol. The summed E-state index contributed by atoms with van der Waals surface area (Å²) in [5.41, 5.74) is 2.38. The number of hydrogen-bond donors (Lipinski definition) is 2. The minimum absolute atomic E-state index is 0.137. The maximum atomic E-state index is 12.6. The maximum absolute atomic E-state index is 12.6. The number of nitrogens with one attached hydrogen (secondary N) is 2. The second-order valence-electron chi connectivity index (χ2n) is 6.95. The van der Waals surface area contributed by atoms with E-state index in [-0.39, 0.29) is 29.6 Å². The molecule has 30 heavy (non-hydrogen) atoms. The third-order valence-electron chi connectivity index (χ3n) is 4.84. The molecule has 1 aliphatic heterocycles. The second-order valence-corrected chi connectivity index (χ2v) is 7.79. The molecule has 1 heterocycles. The molecule has 2 aromatic rings. The monoisotopic (exact) mass is 448 g/mol. The molecular weight excluding hydrogens is 427 g/mol. The summed E-state index contributed by atoms with van der Waals surface area (Å²) in [7, 11) is 1.99. The lowest BCUT2D eigenvalue weighted by molar-refractivity contribution is -0.133. The van der Waals surface area contributed by atoms with Crippen LogP contribution < -0.4 is 15.5 Å². The summed E-state index contributed by atoms with van der Waals surface area (Å²) in [5, 5.41) is 5.64. The van der Waals surface area contributed by atoms with Crippen molar-refractivity contribution in [3.63, 3.8) is 0 Å². The van der Waals surface area contributed by atoms with E-state index in [0.29, 0.717) is 24.7 Å². The molecular formula is C21H22Cl2N4O3. The van der Waals surface area contributed by atoms with Crippen molar-refractivity contribution in [2.24, 2.45) is 0 Å². The van der Waals surface area contributed by atoms with Gasteiger partial charge in [-0.2, -0.15) is 0 Å². The molecule has 0 spiro atoms. The zero-order chi connectivity index (χ0) is 21.7. The largest absolute Gasteiger partial charge is 0.373 e. The Hall–Kier alpha value is -2.77. The SMILES string of the molecule is CN1CCN(C(=O)CNC(=O)CNC(=O)c2ccc(Cl)cc2Cl)Cc2ccccc21. The van der Waals surface area contributed by atoms with Crippen molar-refractivity contribution in [3.8, 4) is 0 Å². The number of nitrogens with zero attached hydrogens (tertiary/aromatic N) is 2. The van der Waals surface area contributed by atoms with E-state index >= 15 is 0 Å². The molecule has 1 aliphatic rings. The van der Waals surface area contributed by atoms with E-state index in [4.69, 9.17) is 23.2 Å². The minimum Gasteiger partial charge on any atom is -0.373 e. The van der Waals surface area contributed by atoms with Crippen molar-refractivity contribution in [1.82, 2.24) is 15.5 Å². The van der Waals surface area contributed by atoms with Crippen LogP contribution in [0.3, 0.4) is 0 Å². The molecule has 0 atom stereocenters. The van der Waals surface area contributed by atoms with Crippen molar-refractivity contribution in [3.05, 3.63) is 63.6 Å². The first-order valence-electron chi connectivity index (χ1n) is 9.42. The fraction of sp³-hybridized carbons (Fsp3) is 0.286. The predicted molar refractivity (Wildman–Crippen MR) is 117 cm³/mol. The number of carbonyl (C=O) groups is 3.